The van der Waals surface area contributed by atoms with Gasteiger partial charge in [-0.1, -0.05) is 19.3 Å². The smallest absolute Gasteiger partial charge is 0.253 e. The highest BCUT2D eigenvalue weighted by molar-refractivity contribution is 5.94. The number of rotatable bonds is 2. The van der Waals surface area contributed by atoms with Gasteiger partial charge in [-0.3, -0.25) is 10.6 Å². The zero-order valence-electron chi connectivity index (χ0n) is 12.6. The van der Waals surface area contributed by atoms with Crippen LogP contribution in [0.2, 0.25) is 0 Å². The number of hydrogen-bond donors (Lipinski definition) is 2. The lowest BCUT2D eigenvalue weighted by molar-refractivity contribution is 0.0472. The van der Waals surface area contributed by atoms with Crippen LogP contribution in [-0.2, 0) is 0 Å². The normalized spacial score (nSPS) is 21.3. The van der Waals surface area contributed by atoms with E-state index >= 15 is 0 Å². The molecule has 0 aromatic heterocycles. The zero-order chi connectivity index (χ0) is 14.7. The second kappa shape index (κ2) is 6.06. The maximum absolute atomic E-state index is 12.5. The first-order valence-electron chi connectivity index (χ1n) is 8.08. The Kier molecular flexibility index (Phi) is 4.15. The fourth-order valence-electron chi connectivity index (χ4n) is 3.88. The van der Waals surface area contributed by atoms with Crippen molar-refractivity contribution in [2.24, 2.45) is 11.3 Å². The molecule has 2 fully saturated rings. The molecule has 3 rings (SSSR count). The fraction of sp³-hybridized carbons (Fsp3) is 0.588. The lowest BCUT2D eigenvalue weighted by Gasteiger charge is -2.44. The quantitative estimate of drug-likeness (QED) is 0.649. The van der Waals surface area contributed by atoms with Gasteiger partial charge in [0.25, 0.3) is 5.91 Å². The van der Waals surface area contributed by atoms with Gasteiger partial charge in [-0.2, -0.15) is 0 Å². The average molecular weight is 287 g/mol. The van der Waals surface area contributed by atoms with Crippen LogP contribution < -0.4 is 11.3 Å². The van der Waals surface area contributed by atoms with Gasteiger partial charge in [0.15, 0.2) is 0 Å². The zero-order valence-corrected chi connectivity index (χ0v) is 12.6. The van der Waals surface area contributed by atoms with E-state index in [1.54, 1.807) is 0 Å². The van der Waals surface area contributed by atoms with Crippen LogP contribution in [0.25, 0.3) is 0 Å². The summed E-state index contributed by atoms with van der Waals surface area (Å²) in [7, 11) is 0. The number of nitrogens with zero attached hydrogens (tertiary/aromatic N) is 1. The number of nitrogens with two attached hydrogens (primary N) is 1. The monoisotopic (exact) mass is 287 g/mol. The minimum Gasteiger partial charge on any atom is -0.339 e. The van der Waals surface area contributed by atoms with E-state index in [-0.39, 0.29) is 5.91 Å². The predicted molar refractivity (Wildman–Crippen MR) is 84.9 cm³/mol. The minimum absolute atomic E-state index is 0.157. The van der Waals surface area contributed by atoms with E-state index in [4.69, 9.17) is 5.84 Å². The Morgan fingerprint density at radius 2 is 1.62 bits per heavy atom. The van der Waals surface area contributed by atoms with Crippen molar-refractivity contribution in [3.63, 3.8) is 0 Å². The van der Waals surface area contributed by atoms with Crippen molar-refractivity contribution in [1.29, 1.82) is 0 Å². The summed E-state index contributed by atoms with van der Waals surface area (Å²) >= 11 is 0. The third-order valence-electron chi connectivity index (χ3n) is 5.32. The van der Waals surface area contributed by atoms with Crippen molar-refractivity contribution >= 4 is 11.6 Å². The molecular weight excluding hydrogens is 262 g/mol. The number of piperidine rings is 1. The molecule has 1 heterocycles. The molecule has 1 aromatic carbocycles. The Balaban J connectivity index is 1.61. The number of hydrazine groups is 1. The summed E-state index contributed by atoms with van der Waals surface area (Å²) in [5.41, 5.74) is 4.71. The highest BCUT2D eigenvalue weighted by atomic mass is 16.2. The Bertz CT molecular complexity index is 481. The SMILES string of the molecule is NNc1ccc(C(=O)N2CCC3(CCCCC3)CC2)cc1. The Morgan fingerprint density at radius 1 is 1.00 bits per heavy atom. The van der Waals surface area contributed by atoms with Gasteiger partial charge in [0.1, 0.15) is 0 Å². The van der Waals surface area contributed by atoms with E-state index in [0.717, 1.165) is 24.3 Å². The summed E-state index contributed by atoms with van der Waals surface area (Å²) in [6.07, 6.45) is 9.25. The maximum Gasteiger partial charge on any atom is 0.253 e. The molecule has 1 aliphatic carbocycles. The van der Waals surface area contributed by atoms with Gasteiger partial charge in [-0.25, -0.2) is 0 Å². The first kappa shape index (κ1) is 14.4. The first-order valence-corrected chi connectivity index (χ1v) is 8.08. The van der Waals surface area contributed by atoms with Crippen molar-refractivity contribution in [2.75, 3.05) is 18.5 Å². The molecule has 114 valence electrons. The molecule has 21 heavy (non-hydrogen) atoms. The Labute approximate surface area is 126 Å². The lowest BCUT2D eigenvalue weighted by Crippen LogP contribution is -2.43. The molecular formula is C17H25N3O. The highest BCUT2D eigenvalue weighted by Gasteiger charge is 2.36. The molecule has 1 aliphatic heterocycles. The molecule has 0 unspecified atom stereocenters. The van der Waals surface area contributed by atoms with Crippen LogP contribution in [0.15, 0.2) is 24.3 Å². The van der Waals surface area contributed by atoms with Crippen molar-refractivity contribution in [3.8, 4) is 0 Å². The van der Waals surface area contributed by atoms with Crippen molar-refractivity contribution in [2.45, 2.75) is 44.9 Å². The summed E-state index contributed by atoms with van der Waals surface area (Å²) in [5.74, 6) is 5.51. The van der Waals surface area contributed by atoms with Gasteiger partial charge in [0, 0.05) is 24.3 Å². The number of carbonyl (C=O) groups excluding carboxylic acids is 1. The first-order chi connectivity index (χ1) is 10.2. The van der Waals surface area contributed by atoms with Gasteiger partial charge < -0.3 is 10.3 Å². The van der Waals surface area contributed by atoms with Gasteiger partial charge >= 0.3 is 0 Å². The van der Waals surface area contributed by atoms with Crippen molar-refractivity contribution in [1.82, 2.24) is 4.90 Å². The molecule has 0 atom stereocenters. The van der Waals surface area contributed by atoms with E-state index in [2.05, 4.69) is 5.43 Å². The number of carbonyl (C=O) groups is 1. The summed E-state index contributed by atoms with van der Waals surface area (Å²) in [6, 6.07) is 7.39. The second-order valence-electron chi connectivity index (χ2n) is 6.57. The van der Waals surface area contributed by atoms with Gasteiger partial charge in [-0.15, -0.1) is 0 Å². The molecule has 0 bridgehead atoms. The van der Waals surface area contributed by atoms with Crippen LogP contribution in [0, 0.1) is 5.41 Å². The number of benzene rings is 1. The van der Waals surface area contributed by atoms with Crippen LogP contribution >= 0.6 is 0 Å². The molecule has 1 aromatic rings. The molecule has 4 nitrogen and oxygen atoms in total. The topological polar surface area (TPSA) is 58.4 Å². The molecule has 3 N–H and O–H groups in total. The third-order valence-corrected chi connectivity index (χ3v) is 5.32. The van der Waals surface area contributed by atoms with Gasteiger partial charge in [0.05, 0.1) is 0 Å². The standard InChI is InChI=1S/C17H25N3O/c18-19-15-6-4-14(5-7-15)16(21)20-12-10-17(11-13-20)8-2-1-3-9-17/h4-7,19H,1-3,8-13,18H2. The Hall–Kier alpha value is -1.55. The summed E-state index contributed by atoms with van der Waals surface area (Å²) < 4.78 is 0. The molecule has 0 radical (unpaired) electrons. The molecule has 1 amide bonds. The fourth-order valence-corrected chi connectivity index (χ4v) is 3.88. The number of likely N-dealkylation sites (tertiary alicyclic amines) is 1. The highest BCUT2D eigenvalue weighted by Crippen LogP contribution is 2.44. The van der Waals surface area contributed by atoms with E-state index in [9.17, 15) is 4.79 Å². The largest absolute Gasteiger partial charge is 0.339 e. The molecule has 1 saturated carbocycles. The second-order valence-corrected chi connectivity index (χ2v) is 6.57. The Morgan fingerprint density at radius 3 is 2.19 bits per heavy atom. The number of nitrogens with one attached hydrogen (secondary N) is 1. The van der Waals surface area contributed by atoms with Crippen LogP contribution in [0.1, 0.15) is 55.3 Å². The van der Waals surface area contributed by atoms with E-state index in [1.165, 1.54) is 44.9 Å². The number of hydrogen-bond acceptors (Lipinski definition) is 3. The van der Waals surface area contributed by atoms with Crippen LogP contribution in [-0.4, -0.2) is 23.9 Å². The van der Waals surface area contributed by atoms with Crippen molar-refractivity contribution < 1.29 is 4.79 Å². The van der Waals surface area contributed by atoms with Gasteiger partial charge in [0.2, 0.25) is 0 Å². The third kappa shape index (κ3) is 3.05. The molecule has 4 heteroatoms. The summed E-state index contributed by atoms with van der Waals surface area (Å²) in [4.78, 5) is 14.6. The van der Waals surface area contributed by atoms with Crippen LogP contribution in [0.4, 0.5) is 5.69 Å². The van der Waals surface area contributed by atoms with Crippen LogP contribution in [0.5, 0.6) is 0 Å². The van der Waals surface area contributed by atoms with Gasteiger partial charge in [-0.05, 0) is 55.4 Å². The number of nitrogen functional groups attached to an aromatic ring is 1. The lowest BCUT2D eigenvalue weighted by atomic mass is 9.68. The van der Waals surface area contributed by atoms with Crippen molar-refractivity contribution in [3.05, 3.63) is 29.8 Å². The summed E-state index contributed by atoms with van der Waals surface area (Å²) in [5, 5.41) is 0. The maximum atomic E-state index is 12.5. The summed E-state index contributed by atoms with van der Waals surface area (Å²) in [6.45, 7) is 1.82. The van der Waals surface area contributed by atoms with E-state index in [0.29, 0.717) is 5.41 Å². The van der Waals surface area contributed by atoms with Crippen LogP contribution in [0.3, 0.4) is 0 Å². The molecule has 1 spiro atoms. The number of anilines is 1. The van der Waals surface area contributed by atoms with E-state index < -0.39 is 0 Å². The molecule has 2 aliphatic rings. The van der Waals surface area contributed by atoms with E-state index in [1.807, 2.05) is 29.2 Å². The number of amides is 1. The predicted octanol–water partition coefficient (Wildman–Crippen LogP) is 3.16. The minimum atomic E-state index is 0.157. The molecule has 1 saturated heterocycles. The average Bonchev–Trinajstić information content (AvgIpc) is 2.56.